The Morgan fingerprint density at radius 1 is 0.917 bits per heavy atom. The molecule has 1 aliphatic rings. The molecule has 0 unspecified atom stereocenters. The van der Waals surface area contributed by atoms with Crippen LogP contribution in [0.3, 0.4) is 0 Å². The van der Waals surface area contributed by atoms with Gasteiger partial charge in [0.15, 0.2) is 0 Å². The van der Waals surface area contributed by atoms with Crippen molar-refractivity contribution in [2.45, 2.75) is 44.9 Å². The van der Waals surface area contributed by atoms with E-state index in [0.29, 0.717) is 13.2 Å². The third-order valence-electron chi connectivity index (χ3n) is 4.11. The standard InChI is InChI=1S/C20H22O4/c1-15-20(23-14-17-10-6-3-7-11-17)18(12-19(21)24-15)22-13-16-8-4-2-5-9-16/h2-11,15,18,20H,12-14H2,1H3/t15-,18-,20-/m1/s1. The van der Waals surface area contributed by atoms with Crippen LogP contribution in [-0.2, 0) is 32.2 Å². The Balaban J connectivity index is 1.62. The van der Waals surface area contributed by atoms with Crippen LogP contribution in [0, 0.1) is 0 Å². The minimum Gasteiger partial charge on any atom is -0.460 e. The molecule has 4 heteroatoms. The molecule has 0 bridgehead atoms. The molecule has 3 atom stereocenters. The van der Waals surface area contributed by atoms with Crippen LogP contribution in [0.15, 0.2) is 60.7 Å². The number of hydrogen-bond acceptors (Lipinski definition) is 4. The summed E-state index contributed by atoms with van der Waals surface area (Å²) in [5.74, 6) is -0.236. The summed E-state index contributed by atoms with van der Waals surface area (Å²) in [6.07, 6.45) is -0.677. The van der Waals surface area contributed by atoms with Crippen LogP contribution in [0.4, 0.5) is 0 Å². The largest absolute Gasteiger partial charge is 0.460 e. The molecule has 1 heterocycles. The van der Waals surface area contributed by atoms with Gasteiger partial charge in [0.2, 0.25) is 0 Å². The Kier molecular flexibility index (Phi) is 5.62. The van der Waals surface area contributed by atoms with Gasteiger partial charge in [0.05, 0.1) is 25.7 Å². The molecule has 3 rings (SSSR count). The van der Waals surface area contributed by atoms with Crippen LogP contribution in [0.25, 0.3) is 0 Å². The lowest BCUT2D eigenvalue weighted by Gasteiger charge is -2.35. The molecule has 24 heavy (non-hydrogen) atoms. The molecule has 0 saturated carbocycles. The number of hydrogen-bond donors (Lipinski definition) is 0. The van der Waals surface area contributed by atoms with Gasteiger partial charge in [0.25, 0.3) is 0 Å². The molecule has 0 radical (unpaired) electrons. The number of esters is 1. The van der Waals surface area contributed by atoms with E-state index in [9.17, 15) is 4.79 Å². The van der Waals surface area contributed by atoms with Crippen LogP contribution < -0.4 is 0 Å². The van der Waals surface area contributed by atoms with Gasteiger partial charge >= 0.3 is 5.97 Å². The van der Waals surface area contributed by atoms with E-state index in [4.69, 9.17) is 14.2 Å². The first-order valence-corrected chi connectivity index (χ1v) is 8.23. The number of ether oxygens (including phenoxy) is 3. The van der Waals surface area contributed by atoms with Crippen LogP contribution in [0.1, 0.15) is 24.5 Å². The second-order valence-corrected chi connectivity index (χ2v) is 6.00. The van der Waals surface area contributed by atoms with Crippen molar-refractivity contribution in [1.29, 1.82) is 0 Å². The molecule has 4 nitrogen and oxygen atoms in total. The van der Waals surface area contributed by atoms with Gasteiger partial charge in [-0.1, -0.05) is 60.7 Å². The van der Waals surface area contributed by atoms with Gasteiger partial charge in [-0.3, -0.25) is 4.79 Å². The van der Waals surface area contributed by atoms with E-state index in [-0.39, 0.29) is 30.7 Å². The highest BCUT2D eigenvalue weighted by Crippen LogP contribution is 2.24. The summed E-state index contributed by atoms with van der Waals surface area (Å²) in [5.41, 5.74) is 2.16. The molecular formula is C20H22O4. The molecule has 1 fully saturated rings. The molecule has 1 aliphatic heterocycles. The normalized spacial score (nSPS) is 23.7. The van der Waals surface area contributed by atoms with Crippen molar-refractivity contribution in [2.75, 3.05) is 0 Å². The summed E-state index contributed by atoms with van der Waals surface area (Å²) in [4.78, 5) is 11.8. The fourth-order valence-electron chi connectivity index (χ4n) is 2.85. The van der Waals surface area contributed by atoms with Crippen molar-refractivity contribution in [3.05, 3.63) is 71.8 Å². The Morgan fingerprint density at radius 2 is 1.46 bits per heavy atom. The highest BCUT2D eigenvalue weighted by atomic mass is 16.6. The summed E-state index contributed by atoms with van der Waals surface area (Å²) in [5, 5.41) is 0. The minimum atomic E-state index is -0.323. The smallest absolute Gasteiger partial charge is 0.308 e. The quantitative estimate of drug-likeness (QED) is 0.762. The Bertz CT molecular complexity index is 641. The van der Waals surface area contributed by atoms with Gasteiger partial charge < -0.3 is 14.2 Å². The maximum atomic E-state index is 11.8. The molecule has 2 aromatic rings. The summed E-state index contributed by atoms with van der Waals surface area (Å²) in [6, 6.07) is 19.9. The third kappa shape index (κ3) is 4.43. The SMILES string of the molecule is C[C@H]1OC(=O)C[C@@H](OCc2ccccc2)[C@@H]1OCc1ccccc1. The van der Waals surface area contributed by atoms with Crippen molar-refractivity contribution in [1.82, 2.24) is 0 Å². The predicted octanol–water partition coefficient (Wildman–Crippen LogP) is 3.49. The van der Waals surface area contributed by atoms with Crippen molar-refractivity contribution in [3.8, 4) is 0 Å². The predicted molar refractivity (Wildman–Crippen MR) is 90.2 cm³/mol. The van der Waals surface area contributed by atoms with E-state index in [1.807, 2.05) is 67.6 Å². The zero-order chi connectivity index (χ0) is 16.8. The van der Waals surface area contributed by atoms with Crippen molar-refractivity contribution >= 4 is 5.97 Å². The lowest BCUT2D eigenvalue weighted by molar-refractivity contribution is -0.194. The summed E-state index contributed by atoms with van der Waals surface area (Å²) >= 11 is 0. The molecule has 0 aromatic heterocycles. The van der Waals surface area contributed by atoms with E-state index < -0.39 is 0 Å². The highest BCUT2D eigenvalue weighted by molar-refractivity contribution is 5.71. The van der Waals surface area contributed by atoms with E-state index in [1.54, 1.807) is 0 Å². The van der Waals surface area contributed by atoms with Gasteiger partial charge in [-0.15, -0.1) is 0 Å². The lowest BCUT2D eigenvalue weighted by Crippen LogP contribution is -2.47. The molecule has 1 saturated heterocycles. The molecular weight excluding hydrogens is 304 g/mol. The van der Waals surface area contributed by atoms with Crippen LogP contribution in [0.5, 0.6) is 0 Å². The van der Waals surface area contributed by atoms with Crippen LogP contribution in [0.2, 0.25) is 0 Å². The first-order valence-electron chi connectivity index (χ1n) is 8.23. The van der Waals surface area contributed by atoms with Gasteiger partial charge in [-0.05, 0) is 18.1 Å². The topological polar surface area (TPSA) is 44.8 Å². The average molecular weight is 326 g/mol. The molecule has 2 aromatic carbocycles. The van der Waals surface area contributed by atoms with Gasteiger partial charge in [0, 0.05) is 0 Å². The zero-order valence-electron chi connectivity index (χ0n) is 13.8. The summed E-state index contributed by atoms with van der Waals surface area (Å²) < 4.78 is 17.3. The first kappa shape index (κ1) is 16.7. The van der Waals surface area contributed by atoms with E-state index in [0.717, 1.165) is 11.1 Å². The van der Waals surface area contributed by atoms with E-state index in [1.165, 1.54) is 0 Å². The molecule has 0 spiro atoms. The van der Waals surface area contributed by atoms with Crippen LogP contribution >= 0.6 is 0 Å². The van der Waals surface area contributed by atoms with Gasteiger partial charge in [-0.25, -0.2) is 0 Å². The molecule has 0 aliphatic carbocycles. The number of cyclic esters (lactones) is 1. The molecule has 0 amide bonds. The lowest BCUT2D eigenvalue weighted by atomic mass is 10.0. The number of carbonyl (C=O) groups excluding carboxylic acids is 1. The fourth-order valence-corrected chi connectivity index (χ4v) is 2.85. The molecule has 126 valence electrons. The summed E-state index contributed by atoms with van der Waals surface area (Å²) in [6.45, 7) is 2.78. The van der Waals surface area contributed by atoms with Crippen molar-refractivity contribution < 1.29 is 19.0 Å². The Morgan fingerprint density at radius 3 is 2.04 bits per heavy atom. The number of benzene rings is 2. The van der Waals surface area contributed by atoms with Gasteiger partial charge in [0.1, 0.15) is 12.2 Å². The number of carbonyl (C=O) groups is 1. The monoisotopic (exact) mass is 326 g/mol. The van der Waals surface area contributed by atoms with Crippen molar-refractivity contribution in [2.24, 2.45) is 0 Å². The summed E-state index contributed by atoms with van der Waals surface area (Å²) in [7, 11) is 0. The minimum absolute atomic E-state index is 0.219. The van der Waals surface area contributed by atoms with E-state index >= 15 is 0 Å². The maximum Gasteiger partial charge on any atom is 0.308 e. The fraction of sp³-hybridized carbons (Fsp3) is 0.350. The molecule has 0 N–H and O–H groups in total. The third-order valence-corrected chi connectivity index (χ3v) is 4.11. The first-order chi connectivity index (χ1) is 11.7. The van der Waals surface area contributed by atoms with Crippen LogP contribution in [-0.4, -0.2) is 24.3 Å². The maximum absolute atomic E-state index is 11.8. The van der Waals surface area contributed by atoms with Gasteiger partial charge in [-0.2, -0.15) is 0 Å². The van der Waals surface area contributed by atoms with E-state index in [2.05, 4.69) is 0 Å². The second kappa shape index (κ2) is 8.08. The highest BCUT2D eigenvalue weighted by Gasteiger charge is 2.38. The number of rotatable bonds is 6. The Labute approximate surface area is 142 Å². The zero-order valence-corrected chi connectivity index (χ0v) is 13.8. The van der Waals surface area contributed by atoms with Crippen molar-refractivity contribution in [3.63, 3.8) is 0 Å². The average Bonchev–Trinajstić information content (AvgIpc) is 2.61. The Hall–Kier alpha value is -2.17. The second-order valence-electron chi connectivity index (χ2n) is 6.00.